The van der Waals surface area contributed by atoms with Crippen molar-refractivity contribution in [2.45, 2.75) is 38.8 Å². The fraction of sp³-hybridized carbons (Fsp3) is 0.429. The van der Waals surface area contributed by atoms with E-state index < -0.39 is 0 Å². The van der Waals surface area contributed by atoms with E-state index in [0.29, 0.717) is 6.04 Å². The number of rotatable bonds is 6. The summed E-state index contributed by atoms with van der Waals surface area (Å²) in [6.07, 6.45) is 7.59. The molecule has 0 fully saturated rings. The lowest BCUT2D eigenvalue weighted by atomic mass is 10.1. The number of hydrogen-bond donors (Lipinski definition) is 1. The molecule has 0 saturated heterocycles. The standard InChI is InChI=1S/C14H19N3S/c1-3-5-12(14-6-4-9-18-14)17-11(2)13-10-15-7-8-16-13/h4,6-12,17H,3,5H2,1-2H3. The molecule has 1 N–H and O–H groups in total. The van der Waals surface area contributed by atoms with Crippen LogP contribution >= 0.6 is 11.3 Å². The van der Waals surface area contributed by atoms with Gasteiger partial charge in [0.2, 0.25) is 0 Å². The molecule has 2 atom stereocenters. The van der Waals surface area contributed by atoms with E-state index in [2.05, 4.69) is 46.6 Å². The lowest BCUT2D eigenvalue weighted by molar-refractivity contribution is 0.438. The van der Waals surface area contributed by atoms with Crippen molar-refractivity contribution in [3.8, 4) is 0 Å². The van der Waals surface area contributed by atoms with Crippen molar-refractivity contribution in [1.82, 2.24) is 15.3 Å². The topological polar surface area (TPSA) is 37.8 Å². The third-order valence-electron chi connectivity index (χ3n) is 2.94. The highest BCUT2D eigenvalue weighted by Gasteiger charge is 2.16. The van der Waals surface area contributed by atoms with Crippen LogP contribution in [-0.2, 0) is 0 Å². The Balaban J connectivity index is 2.05. The predicted molar refractivity (Wildman–Crippen MR) is 75.6 cm³/mol. The molecule has 4 heteroatoms. The first-order valence-corrected chi connectivity index (χ1v) is 7.24. The Morgan fingerprint density at radius 1 is 1.39 bits per heavy atom. The molecule has 0 radical (unpaired) electrons. The van der Waals surface area contributed by atoms with Crippen molar-refractivity contribution in [1.29, 1.82) is 0 Å². The van der Waals surface area contributed by atoms with Crippen LogP contribution in [0, 0.1) is 0 Å². The lowest BCUT2D eigenvalue weighted by Crippen LogP contribution is -2.24. The summed E-state index contributed by atoms with van der Waals surface area (Å²) in [4.78, 5) is 9.87. The third-order valence-corrected chi connectivity index (χ3v) is 3.93. The Labute approximate surface area is 112 Å². The number of hydrogen-bond acceptors (Lipinski definition) is 4. The lowest BCUT2D eigenvalue weighted by Gasteiger charge is -2.21. The fourth-order valence-corrected chi connectivity index (χ4v) is 2.83. The molecule has 0 aromatic carbocycles. The van der Waals surface area contributed by atoms with Gasteiger partial charge in [-0.3, -0.25) is 9.97 Å². The van der Waals surface area contributed by atoms with E-state index in [9.17, 15) is 0 Å². The molecule has 96 valence electrons. The van der Waals surface area contributed by atoms with Crippen LogP contribution in [0.2, 0.25) is 0 Å². The van der Waals surface area contributed by atoms with Gasteiger partial charge in [-0.05, 0) is 24.8 Å². The summed E-state index contributed by atoms with van der Waals surface area (Å²) in [6, 6.07) is 4.93. The van der Waals surface area contributed by atoms with Crippen LogP contribution in [-0.4, -0.2) is 9.97 Å². The first-order chi connectivity index (χ1) is 8.81. The average molecular weight is 261 g/mol. The Hall–Kier alpha value is -1.26. The van der Waals surface area contributed by atoms with Gasteiger partial charge >= 0.3 is 0 Å². The first-order valence-electron chi connectivity index (χ1n) is 6.36. The molecule has 0 aliphatic heterocycles. The Morgan fingerprint density at radius 2 is 2.28 bits per heavy atom. The molecule has 2 rings (SSSR count). The van der Waals surface area contributed by atoms with Crippen LogP contribution in [0.4, 0.5) is 0 Å². The van der Waals surface area contributed by atoms with Crippen LogP contribution < -0.4 is 5.32 Å². The van der Waals surface area contributed by atoms with Gasteiger partial charge in [0.05, 0.1) is 5.69 Å². The summed E-state index contributed by atoms with van der Waals surface area (Å²) in [5, 5.41) is 5.78. The molecule has 0 aliphatic rings. The highest BCUT2D eigenvalue weighted by Crippen LogP contribution is 2.25. The molecule has 2 heterocycles. The van der Waals surface area contributed by atoms with Gasteiger partial charge in [-0.2, -0.15) is 0 Å². The largest absolute Gasteiger partial charge is 0.301 e. The van der Waals surface area contributed by atoms with Crippen molar-refractivity contribution < 1.29 is 0 Å². The van der Waals surface area contributed by atoms with Gasteiger partial charge in [-0.1, -0.05) is 19.4 Å². The smallest absolute Gasteiger partial charge is 0.0753 e. The molecule has 18 heavy (non-hydrogen) atoms. The van der Waals surface area contributed by atoms with Crippen molar-refractivity contribution in [3.05, 3.63) is 46.7 Å². The molecule has 2 unspecified atom stereocenters. The van der Waals surface area contributed by atoms with Gasteiger partial charge in [0, 0.05) is 35.6 Å². The van der Waals surface area contributed by atoms with Gasteiger partial charge in [0.15, 0.2) is 0 Å². The number of thiophene rings is 1. The maximum absolute atomic E-state index is 4.35. The van der Waals surface area contributed by atoms with Gasteiger partial charge < -0.3 is 5.32 Å². The van der Waals surface area contributed by atoms with Crippen LogP contribution in [0.3, 0.4) is 0 Å². The molecule has 2 aromatic heterocycles. The van der Waals surface area contributed by atoms with Gasteiger partial charge in [0.25, 0.3) is 0 Å². The van der Waals surface area contributed by atoms with E-state index >= 15 is 0 Å². The van der Waals surface area contributed by atoms with E-state index in [4.69, 9.17) is 0 Å². The van der Waals surface area contributed by atoms with E-state index in [1.54, 1.807) is 12.4 Å². The third kappa shape index (κ3) is 3.37. The van der Waals surface area contributed by atoms with Crippen LogP contribution in [0.25, 0.3) is 0 Å². The zero-order chi connectivity index (χ0) is 12.8. The van der Waals surface area contributed by atoms with Gasteiger partial charge in [-0.15, -0.1) is 11.3 Å². The summed E-state index contributed by atoms with van der Waals surface area (Å²) < 4.78 is 0. The second-order valence-corrected chi connectivity index (χ2v) is 5.35. The van der Waals surface area contributed by atoms with Crippen molar-refractivity contribution in [3.63, 3.8) is 0 Å². The van der Waals surface area contributed by atoms with E-state index in [1.165, 1.54) is 11.3 Å². The highest BCUT2D eigenvalue weighted by atomic mass is 32.1. The minimum atomic E-state index is 0.220. The molecule has 2 aromatic rings. The number of nitrogens with one attached hydrogen (secondary N) is 1. The normalized spacial score (nSPS) is 14.3. The molecule has 0 spiro atoms. The van der Waals surface area contributed by atoms with Crippen molar-refractivity contribution >= 4 is 11.3 Å². The minimum absolute atomic E-state index is 0.220. The summed E-state index contributed by atoms with van der Waals surface area (Å²) in [5.41, 5.74) is 0.996. The molecule has 0 amide bonds. The molecule has 0 aliphatic carbocycles. The molecule has 0 saturated carbocycles. The minimum Gasteiger partial charge on any atom is -0.301 e. The number of aromatic nitrogens is 2. The maximum Gasteiger partial charge on any atom is 0.0753 e. The Morgan fingerprint density at radius 3 is 2.89 bits per heavy atom. The summed E-state index contributed by atoms with van der Waals surface area (Å²) >= 11 is 1.81. The Kier molecular flexibility index (Phi) is 4.84. The van der Waals surface area contributed by atoms with Gasteiger partial charge in [0.1, 0.15) is 0 Å². The van der Waals surface area contributed by atoms with E-state index in [1.807, 2.05) is 17.5 Å². The summed E-state index contributed by atoms with van der Waals surface area (Å²) in [5.74, 6) is 0. The second-order valence-electron chi connectivity index (χ2n) is 4.38. The van der Waals surface area contributed by atoms with E-state index in [0.717, 1.165) is 12.1 Å². The maximum atomic E-state index is 4.35. The first kappa shape index (κ1) is 13.2. The van der Waals surface area contributed by atoms with Gasteiger partial charge in [-0.25, -0.2) is 0 Å². The molecule has 0 bridgehead atoms. The van der Waals surface area contributed by atoms with Crippen LogP contribution in [0.1, 0.15) is 49.3 Å². The zero-order valence-electron chi connectivity index (χ0n) is 10.8. The van der Waals surface area contributed by atoms with Crippen LogP contribution in [0.15, 0.2) is 36.1 Å². The average Bonchev–Trinajstić information content (AvgIpc) is 2.93. The molecular formula is C14H19N3S. The molecular weight excluding hydrogens is 242 g/mol. The SMILES string of the molecule is CCCC(NC(C)c1cnccn1)c1cccs1. The van der Waals surface area contributed by atoms with Crippen molar-refractivity contribution in [2.24, 2.45) is 0 Å². The molecule has 3 nitrogen and oxygen atoms in total. The predicted octanol–water partition coefficient (Wildman–Crippen LogP) is 3.73. The fourth-order valence-electron chi connectivity index (χ4n) is 2.01. The summed E-state index contributed by atoms with van der Waals surface area (Å²) in [6.45, 7) is 4.36. The van der Waals surface area contributed by atoms with Crippen LogP contribution in [0.5, 0.6) is 0 Å². The van der Waals surface area contributed by atoms with Crippen molar-refractivity contribution in [2.75, 3.05) is 0 Å². The quantitative estimate of drug-likeness (QED) is 0.861. The number of nitrogens with zero attached hydrogens (tertiary/aromatic N) is 2. The summed E-state index contributed by atoms with van der Waals surface area (Å²) in [7, 11) is 0. The zero-order valence-corrected chi connectivity index (χ0v) is 11.7. The highest BCUT2D eigenvalue weighted by molar-refractivity contribution is 7.10. The monoisotopic (exact) mass is 261 g/mol. The van der Waals surface area contributed by atoms with E-state index in [-0.39, 0.29) is 6.04 Å². The second kappa shape index (κ2) is 6.61. The Bertz CT molecular complexity index is 441.